The molecular weight excluding hydrogens is 221 g/mol. The minimum Gasteiger partial charge on any atom is -0.350 e. The summed E-state index contributed by atoms with van der Waals surface area (Å²) in [5.41, 5.74) is 0. The van der Waals surface area contributed by atoms with E-state index >= 15 is 0 Å². The summed E-state index contributed by atoms with van der Waals surface area (Å²) in [5, 5.41) is 3.43. The predicted molar refractivity (Wildman–Crippen MR) is 79.0 cm³/mol. The van der Waals surface area contributed by atoms with Crippen LogP contribution in [0.4, 0.5) is 0 Å². The van der Waals surface area contributed by atoms with Crippen LogP contribution >= 0.6 is 0 Å². The van der Waals surface area contributed by atoms with Crippen molar-refractivity contribution in [2.75, 3.05) is 0 Å². The van der Waals surface area contributed by atoms with Crippen LogP contribution in [0.25, 0.3) is 0 Å². The second kappa shape index (κ2) is 7.01. The molecule has 18 heavy (non-hydrogen) atoms. The molecule has 3 heteroatoms. The SMILES string of the molecule is C=CC(=O)NC1CCCC(C)([B]C(C)C)CCC1. The highest BCUT2D eigenvalue weighted by Gasteiger charge is 2.28. The molecule has 1 aliphatic carbocycles. The zero-order chi connectivity index (χ0) is 13.6. The molecule has 1 amide bonds. The van der Waals surface area contributed by atoms with Crippen molar-refractivity contribution in [3.05, 3.63) is 12.7 Å². The first-order valence-electron chi connectivity index (χ1n) is 7.24. The van der Waals surface area contributed by atoms with Crippen molar-refractivity contribution in [2.45, 2.75) is 76.5 Å². The van der Waals surface area contributed by atoms with Gasteiger partial charge in [0.05, 0.1) is 0 Å². The van der Waals surface area contributed by atoms with Gasteiger partial charge in [-0.15, -0.1) is 0 Å². The minimum atomic E-state index is -0.0305. The second-order valence-electron chi connectivity index (χ2n) is 6.26. The van der Waals surface area contributed by atoms with Gasteiger partial charge in [-0.3, -0.25) is 4.79 Å². The van der Waals surface area contributed by atoms with E-state index in [2.05, 4.69) is 39.9 Å². The third-order valence-corrected chi connectivity index (χ3v) is 3.87. The van der Waals surface area contributed by atoms with Gasteiger partial charge in [-0.25, -0.2) is 0 Å². The van der Waals surface area contributed by atoms with E-state index < -0.39 is 0 Å². The Bertz CT molecular complexity index is 278. The third kappa shape index (κ3) is 5.28. The van der Waals surface area contributed by atoms with E-state index in [1.807, 2.05) is 0 Å². The van der Waals surface area contributed by atoms with E-state index in [0.717, 1.165) is 12.8 Å². The van der Waals surface area contributed by atoms with E-state index in [9.17, 15) is 4.79 Å². The van der Waals surface area contributed by atoms with Gasteiger partial charge in [0.2, 0.25) is 5.91 Å². The lowest BCUT2D eigenvalue weighted by Crippen LogP contribution is -2.35. The molecule has 1 fully saturated rings. The first-order chi connectivity index (χ1) is 8.45. The van der Waals surface area contributed by atoms with Crippen molar-refractivity contribution in [3.8, 4) is 0 Å². The summed E-state index contributed by atoms with van der Waals surface area (Å²) in [6.07, 6.45) is 8.44. The van der Waals surface area contributed by atoms with Crippen molar-refractivity contribution in [1.82, 2.24) is 5.32 Å². The maximum Gasteiger partial charge on any atom is 0.243 e. The van der Waals surface area contributed by atoms with Gasteiger partial charge in [-0.1, -0.05) is 64.2 Å². The molecule has 0 spiro atoms. The number of hydrogen-bond acceptors (Lipinski definition) is 1. The van der Waals surface area contributed by atoms with E-state index in [1.165, 1.54) is 31.8 Å². The number of amides is 1. The van der Waals surface area contributed by atoms with Gasteiger partial charge in [0.1, 0.15) is 7.28 Å². The fourth-order valence-electron chi connectivity index (χ4n) is 3.15. The Kier molecular flexibility index (Phi) is 5.97. The van der Waals surface area contributed by atoms with Gasteiger partial charge >= 0.3 is 0 Å². The molecule has 1 rings (SSSR count). The summed E-state index contributed by atoms with van der Waals surface area (Å²) in [6.45, 7) is 10.4. The molecule has 0 aliphatic heterocycles. The van der Waals surface area contributed by atoms with Gasteiger partial charge in [-0.2, -0.15) is 0 Å². The topological polar surface area (TPSA) is 29.1 Å². The minimum absolute atomic E-state index is 0.0305. The summed E-state index contributed by atoms with van der Waals surface area (Å²) >= 11 is 0. The highest BCUT2D eigenvalue weighted by atomic mass is 16.1. The maximum atomic E-state index is 11.3. The number of carbonyl (C=O) groups is 1. The van der Waals surface area contributed by atoms with Crippen LogP contribution in [-0.4, -0.2) is 19.2 Å². The molecule has 0 aromatic rings. The standard InChI is InChI=1S/C15H27BNO/c1-5-14(18)17-13-8-6-10-15(4,11-7-9-13)16-12(2)3/h5,12-13H,1,6-11H2,2-4H3,(H,17,18). The van der Waals surface area contributed by atoms with Crippen LogP contribution in [0.2, 0.25) is 11.1 Å². The lowest BCUT2D eigenvalue weighted by molar-refractivity contribution is -0.117. The van der Waals surface area contributed by atoms with Gasteiger partial charge < -0.3 is 5.32 Å². The highest BCUT2D eigenvalue weighted by molar-refractivity contribution is 6.41. The van der Waals surface area contributed by atoms with Gasteiger partial charge in [0.25, 0.3) is 0 Å². The first-order valence-corrected chi connectivity index (χ1v) is 7.24. The summed E-state index contributed by atoms with van der Waals surface area (Å²) < 4.78 is 0. The molecule has 1 aliphatic rings. The van der Waals surface area contributed by atoms with E-state index in [-0.39, 0.29) is 5.91 Å². The van der Waals surface area contributed by atoms with E-state index in [1.54, 1.807) is 0 Å². The van der Waals surface area contributed by atoms with Crippen LogP contribution in [0.5, 0.6) is 0 Å². The third-order valence-electron chi connectivity index (χ3n) is 3.87. The molecule has 101 valence electrons. The van der Waals surface area contributed by atoms with Crippen LogP contribution in [0.3, 0.4) is 0 Å². The Morgan fingerprint density at radius 3 is 2.39 bits per heavy atom. The van der Waals surface area contributed by atoms with Gasteiger partial charge in [0.15, 0.2) is 0 Å². The fourth-order valence-corrected chi connectivity index (χ4v) is 3.15. The molecule has 1 N–H and O–H groups in total. The monoisotopic (exact) mass is 248 g/mol. The molecule has 0 bridgehead atoms. The molecule has 0 aromatic carbocycles. The molecule has 0 heterocycles. The van der Waals surface area contributed by atoms with Crippen LogP contribution in [0.1, 0.15) is 59.3 Å². The summed E-state index contributed by atoms with van der Waals surface area (Å²) in [5.74, 6) is 0.628. The van der Waals surface area contributed by atoms with Crippen molar-refractivity contribution in [2.24, 2.45) is 0 Å². The van der Waals surface area contributed by atoms with Crippen LogP contribution in [0.15, 0.2) is 12.7 Å². The van der Waals surface area contributed by atoms with Crippen molar-refractivity contribution < 1.29 is 4.79 Å². The van der Waals surface area contributed by atoms with Crippen molar-refractivity contribution in [3.63, 3.8) is 0 Å². The molecule has 0 aromatic heterocycles. The Labute approximate surface area is 113 Å². The lowest BCUT2D eigenvalue weighted by Gasteiger charge is -2.34. The van der Waals surface area contributed by atoms with Crippen molar-refractivity contribution in [1.29, 1.82) is 0 Å². The largest absolute Gasteiger partial charge is 0.350 e. The van der Waals surface area contributed by atoms with Crippen LogP contribution < -0.4 is 5.32 Å². The summed E-state index contributed by atoms with van der Waals surface area (Å²) in [4.78, 5) is 11.3. The van der Waals surface area contributed by atoms with Gasteiger partial charge in [-0.05, 0) is 18.9 Å². The zero-order valence-electron chi connectivity index (χ0n) is 12.2. The predicted octanol–water partition coefficient (Wildman–Crippen LogP) is 3.72. The maximum absolute atomic E-state index is 11.3. The fraction of sp³-hybridized carbons (Fsp3) is 0.800. The smallest absolute Gasteiger partial charge is 0.243 e. The molecule has 1 saturated carbocycles. The van der Waals surface area contributed by atoms with E-state index in [4.69, 9.17) is 0 Å². The number of rotatable bonds is 4. The molecule has 0 unspecified atom stereocenters. The molecular formula is C15H27BNO. The average molecular weight is 248 g/mol. The molecule has 0 atom stereocenters. The average Bonchev–Trinajstić information content (AvgIpc) is 2.25. The zero-order valence-corrected chi connectivity index (χ0v) is 12.2. The second-order valence-corrected chi connectivity index (χ2v) is 6.26. The lowest BCUT2D eigenvalue weighted by atomic mass is 9.44. The summed E-state index contributed by atoms with van der Waals surface area (Å²) in [7, 11) is 2.51. The normalized spacial score (nSPS) is 29.2. The molecule has 2 nitrogen and oxygen atoms in total. The first kappa shape index (κ1) is 15.3. The highest BCUT2D eigenvalue weighted by Crippen LogP contribution is 2.41. The number of hydrogen-bond donors (Lipinski definition) is 1. The Hall–Kier alpha value is -0.725. The van der Waals surface area contributed by atoms with Crippen molar-refractivity contribution >= 4 is 13.2 Å². The Morgan fingerprint density at radius 2 is 1.94 bits per heavy atom. The van der Waals surface area contributed by atoms with Crippen LogP contribution in [0, 0.1) is 0 Å². The molecule has 0 saturated heterocycles. The Balaban J connectivity index is 2.44. The van der Waals surface area contributed by atoms with Gasteiger partial charge in [0, 0.05) is 6.04 Å². The van der Waals surface area contributed by atoms with Crippen LogP contribution in [-0.2, 0) is 4.79 Å². The summed E-state index contributed by atoms with van der Waals surface area (Å²) in [6, 6.07) is 0.346. The van der Waals surface area contributed by atoms with E-state index in [0.29, 0.717) is 17.2 Å². The number of carbonyl (C=O) groups excluding carboxylic acids is 1. The quantitative estimate of drug-likeness (QED) is 0.596. The number of nitrogens with one attached hydrogen (secondary N) is 1. The molecule has 1 radical (unpaired) electrons. The Morgan fingerprint density at radius 1 is 1.39 bits per heavy atom.